The van der Waals surface area contributed by atoms with Crippen molar-refractivity contribution in [3.8, 4) is 11.5 Å². The number of rotatable bonds is 5. The molecule has 1 aromatic carbocycles. The number of fused-ring (bicyclic) bond motifs is 2. The number of nitrogens with zero attached hydrogens (tertiary/aromatic N) is 4. The van der Waals surface area contributed by atoms with Gasteiger partial charge >= 0.3 is 5.69 Å². The average Bonchev–Trinajstić information content (AvgIpc) is 3.20. The molecule has 0 aromatic heterocycles. The second kappa shape index (κ2) is 9.57. The summed E-state index contributed by atoms with van der Waals surface area (Å²) in [6.45, 7) is 7.82. The Kier molecular flexibility index (Phi) is 7.04. The van der Waals surface area contributed by atoms with E-state index in [1.807, 2.05) is 24.5 Å². The van der Waals surface area contributed by atoms with Crippen molar-refractivity contribution in [2.45, 2.75) is 33.2 Å². The highest BCUT2D eigenvalue weighted by atomic mass is 32.2. The lowest BCUT2D eigenvalue weighted by molar-refractivity contribution is -0.108. The Labute approximate surface area is 184 Å². The maximum atomic E-state index is 12.2. The van der Waals surface area contributed by atoms with Gasteiger partial charge < -0.3 is 9.47 Å². The zero-order chi connectivity index (χ0) is 23.5. The molecule has 0 bridgehead atoms. The number of aromatic amines is 1. The number of hydrogen-bond donors (Lipinski definition) is 2. The van der Waals surface area contributed by atoms with Crippen molar-refractivity contribution < 1.29 is 13.2 Å². The molecule has 12 heteroatoms. The van der Waals surface area contributed by atoms with Crippen LogP contribution in [-0.4, -0.2) is 65.1 Å². The second-order valence-electron chi connectivity index (χ2n) is 7.79. The summed E-state index contributed by atoms with van der Waals surface area (Å²) in [5, 5.41) is 0. The van der Waals surface area contributed by atoms with Gasteiger partial charge in [0.2, 0.25) is 16.4 Å². The minimum Gasteiger partial charge on any atom is -0.321 e. The Morgan fingerprint density at radius 3 is 2.34 bits per heavy atom. The van der Waals surface area contributed by atoms with Gasteiger partial charge in [0.05, 0.1) is 17.3 Å². The van der Waals surface area contributed by atoms with E-state index < -0.39 is 21.3 Å². The van der Waals surface area contributed by atoms with E-state index in [4.69, 9.17) is 0 Å². The maximum Gasteiger partial charge on any atom is 0.349 e. The van der Waals surface area contributed by atoms with Gasteiger partial charge in [-0.25, -0.2) is 18.2 Å². The molecule has 32 heavy (non-hydrogen) atoms. The van der Waals surface area contributed by atoms with Gasteiger partial charge in [-0.2, -0.15) is 4.98 Å². The van der Waals surface area contributed by atoms with E-state index in [1.165, 1.54) is 12.8 Å². The summed E-state index contributed by atoms with van der Waals surface area (Å²) in [7, 11) is -3.29. The molecule has 1 saturated heterocycles. The first kappa shape index (κ1) is 23.5. The Balaban J connectivity index is 0.000000360. The normalized spacial score (nSPS) is 14.3. The predicted octanol–water partition coefficient (Wildman–Crippen LogP) is -0.0108. The molecule has 0 spiro atoms. The molecule has 0 radical (unpaired) electrons. The van der Waals surface area contributed by atoms with Crippen LogP contribution < -0.4 is 16.0 Å². The lowest BCUT2D eigenvalue weighted by Crippen LogP contribution is -2.31. The van der Waals surface area contributed by atoms with Gasteiger partial charge in [-0.1, -0.05) is 0 Å². The van der Waals surface area contributed by atoms with Crippen molar-refractivity contribution >= 4 is 27.5 Å². The largest absolute Gasteiger partial charge is 0.349 e. The smallest absolute Gasteiger partial charge is 0.321 e. The Morgan fingerprint density at radius 1 is 1.09 bits per heavy atom. The third kappa shape index (κ3) is 5.56. The first-order chi connectivity index (χ1) is 15.1. The quantitative estimate of drug-likeness (QED) is 0.397. The van der Waals surface area contributed by atoms with E-state index in [-0.39, 0.29) is 12.1 Å². The van der Waals surface area contributed by atoms with E-state index in [0.717, 1.165) is 48.1 Å². The Hall–Kier alpha value is -3.12. The van der Waals surface area contributed by atoms with Crippen LogP contribution in [0.3, 0.4) is 0 Å². The molecular weight excluding hydrogens is 436 g/mol. The summed E-state index contributed by atoms with van der Waals surface area (Å²) in [6.07, 6.45) is 3.48. The van der Waals surface area contributed by atoms with Crippen molar-refractivity contribution in [2.24, 2.45) is 0 Å². The highest BCUT2D eigenvalue weighted by Gasteiger charge is 2.20. The molecule has 3 aliphatic heterocycles. The van der Waals surface area contributed by atoms with E-state index in [2.05, 4.69) is 25.9 Å². The SMILES string of the molecule is CS(=O)(=O)NC=O.Cc1cc2nc3c(=O)[nH]c(=O)nc-3n(CCN3CCCC3)c2cc1C. The van der Waals surface area contributed by atoms with Crippen LogP contribution in [0.2, 0.25) is 0 Å². The molecule has 0 unspecified atom stereocenters. The second-order valence-corrected chi connectivity index (χ2v) is 9.57. The highest BCUT2D eigenvalue weighted by molar-refractivity contribution is 7.89. The molecule has 3 aliphatic rings. The minimum atomic E-state index is -3.29. The van der Waals surface area contributed by atoms with Gasteiger partial charge in [0.25, 0.3) is 5.56 Å². The van der Waals surface area contributed by atoms with Crippen molar-refractivity contribution in [1.29, 1.82) is 0 Å². The molecule has 172 valence electrons. The van der Waals surface area contributed by atoms with Gasteiger partial charge in [0.1, 0.15) is 0 Å². The molecule has 3 heterocycles. The first-order valence-corrected chi connectivity index (χ1v) is 12.0. The topological polar surface area (TPSA) is 147 Å². The van der Waals surface area contributed by atoms with Gasteiger partial charge in [-0.3, -0.25) is 19.3 Å². The zero-order valence-electron chi connectivity index (χ0n) is 18.2. The minimum absolute atomic E-state index is 0.120. The Morgan fingerprint density at radius 2 is 1.75 bits per heavy atom. The number of likely N-dealkylation sites (tertiary alicyclic amines) is 1. The number of H-pyrrole nitrogens is 1. The molecule has 0 atom stereocenters. The monoisotopic (exact) mass is 462 g/mol. The number of nitrogens with one attached hydrogen (secondary N) is 2. The van der Waals surface area contributed by atoms with E-state index in [9.17, 15) is 22.8 Å². The molecule has 11 nitrogen and oxygen atoms in total. The van der Waals surface area contributed by atoms with Crippen molar-refractivity contribution in [3.05, 3.63) is 44.1 Å². The van der Waals surface area contributed by atoms with E-state index >= 15 is 0 Å². The van der Waals surface area contributed by atoms with Crippen molar-refractivity contribution in [1.82, 2.24) is 29.1 Å². The molecule has 4 rings (SSSR count). The van der Waals surface area contributed by atoms with Crippen molar-refractivity contribution in [2.75, 3.05) is 25.9 Å². The molecule has 1 aromatic rings. The first-order valence-electron chi connectivity index (χ1n) is 10.1. The molecular formula is C20H26N6O5S. The fraction of sp³-hybridized carbons (Fsp3) is 0.450. The third-order valence-corrected chi connectivity index (χ3v) is 5.85. The number of amides is 1. The summed E-state index contributed by atoms with van der Waals surface area (Å²) < 4.78 is 23.3. The van der Waals surface area contributed by atoms with Gasteiger partial charge in [0, 0.05) is 13.1 Å². The van der Waals surface area contributed by atoms with Crippen LogP contribution in [0.1, 0.15) is 24.0 Å². The standard InChI is InChI=1S/C18H21N5O2.C2H5NO3S/c1-11-9-13-14(10-12(11)2)23(8-7-22-5-3-4-6-22)16-15(19-13)17(24)21-18(25)20-16;1-7(5,6)3-2-4/h9-10H,3-8H2,1-2H3,(H,21,24,25);2H,1H3,(H,3,4). The van der Waals surface area contributed by atoms with Crippen LogP contribution >= 0.6 is 0 Å². The van der Waals surface area contributed by atoms with E-state index in [1.54, 1.807) is 4.72 Å². The lowest BCUT2D eigenvalue weighted by Gasteiger charge is -2.20. The fourth-order valence-electron chi connectivity index (χ4n) is 3.61. The van der Waals surface area contributed by atoms with Crippen LogP contribution in [0.25, 0.3) is 22.6 Å². The molecule has 1 fully saturated rings. The number of aryl methyl sites for hydroxylation is 2. The van der Waals surface area contributed by atoms with Crippen molar-refractivity contribution in [3.63, 3.8) is 0 Å². The zero-order valence-corrected chi connectivity index (χ0v) is 19.0. The number of benzene rings is 1. The van der Waals surface area contributed by atoms with Crippen LogP contribution in [0.15, 0.2) is 21.7 Å². The Bertz CT molecular complexity index is 1320. The predicted molar refractivity (Wildman–Crippen MR) is 120 cm³/mol. The summed E-state index contributed by atoms with van der Waals surface area (Å²) in [4.78, 5) is 46.5. The van der Waals surface area contributed by atoms with Crippen LogP contribution in [0.4, 0.5) is 0 Å². The van der Waals surface area contributed by atoms with Crippen LogP contribution in [0.5, 0.6) is 0 Å². The molecule has 1 amide bonds. The average molecular weight is 463 g/mol. The van der Waals surface area contributed by atoms with Crippen LogP contribution in [0, 0.1) is 13.8 Å². The van der Waals surface area contributed by atoms with Gasteiger partial charge in [0.15, 0.2) is 11.5 Å². The number of sulfonamides is 1. The maximum absolute atomic E-state index is 12.2. The van der Waals surface area contributed by atoms with Gasteiger partial charge in [-0.15, -0.1) is 0 Å². The van der Waals surface area contributed by atoms with E-state index in [0.29, 0.717) is 12.4 Å². The molecule has 0 aliphatic carbocycles. The third-order valence-electron chi connectivity index (χ3n) is 5.33. The summed E-state index contributed by atoms with van der Waals surface area (Å²) in [6, 6.07) is 4.05. The molecule has 0 saturated carbocycles. The number of carbonyl (C=O) groups excluding carboxylic acids is 1. The molecule has 2 N–H and O–H groups in total. The lowest BCUT2D eigenvalue weighted by atomic mass is 10.1. The highest BCUT2D eigenvalue weighted by Crippen LogP contribution is 2.24. The van der Waals surface area contributed by atoms with Gasteiger partial charge in [-0.05, 0) is 63.0 Å². The fourth-order valence-corrected chi connectivity index (χ4v) is 3.79. The number of carbonyl (C=O) groups is 1. The number of aromatic nitrogens is 4. The summed E-state index contributed by atoms with van der Waals surface area (Å²) in [5.74, 6) is 0.365. The summed E-state index contributed by atoms with van der Waals surface area (Å²) in [5.41, 5.74) is 3.04. The summed E-state index contributed by atoms with van der Waals surface area (Å²) >= 11 is 0. The number of hydrogen-bond acceptors (Lipinski definition) is 8. The van der Waals surface area contributed by atoms with Crippen LogP contribution in [-0.2, 0) is 21.4 Å².